The fourth-order valence-corrected chi connectivity index (χ4v) is 1.97. The fourth-order valence-electron chi connectivity index (χ4n) is 1.75. The van der Waals surface area contributed by atoms with E-state index in [0.717, 1.165) is 6.54 Å². The van der Waals surface area contributed by atoms with Crippen LogP contribution in [0.2, 0.25) is 5.02 Å². The summed E-state index contributed by atoms with van der Waals surface area (Å²) in [4.78, 5) is 12.0. The molecule has 0 aliphatic rings. The van der Waals surface area contributed by atoms with Gasteiger partial charge in [-0.15, -0.1) is 0 Å². The molecule has 0 unspecified atom stereocenters. The van der Waals surface area contributed by atoms with Crippen molar-refractivity contribution < 1.29 is 9.53 Å². The van der Waals surface area contributed by atoms with Crippen LogP contribution in [0.1, 0.15) is 23.0 Å². The van der Waals surface area contributed by atoms with Crippen molar-refractivity contribution >= 4 is 17.5 Å². The molecule has 0 saturated heterocycles. The lowest BCUT2D eigenvalue weighted by atomic mass is 10.2. The number of methoxy groups -OCH3 is 1. The van der Waals surface area contributed by atoms with Crippen LogP contribution in [0.25, 0.3) is 0 Å². The van der Waals surface area contributed by atoms with E-state index < -0.39 is 0 Å². The monoisotopic (exact) mass is 293 g/mol. The zero-order valence-electron chi connectivity index (χ0n) is 11.4. The van der Waals surface area contributed by atoms with Crippen molar-refractivity contribution in [1.82, 2.24) is 15.1 Å². The molecule has 1 aromatic carbocycles. The summed E-state index contributed by atoms with van der Waals surface area (Å²) in [6.07, 6.45) is 1.74. The molecule has 0 radical (unpaired) electrons. The van der Waals surface area contributed by atoms with Gasteiger partial charge < -0.3 is 10.1 Å². The summed E-state index contributed by atoms with van der Waals surface area (Å²) in [5.74, 6) is 0.456. The molecule has 0 aliphatic carbocycles. The van der Waals surface area contributed by atoms with Crippen molar-refractivity contribution in [3.8, 4) is 5.75 Å². The number of rotatable bonds is 5. The van der Waals surface area contributed by atoms with Crippen molar-refractivity contribution in [2.75, 3.05) is 7.11 Å². The Hall–Kier alpha value is -2.01. The molecule has 2 rings (SSSR count). The van der Waals surface area contributed by atoms with Gasteiger partial charge in [-0.25, -0.2) is 0 Å². The second-order valence-corrected chi connectivity index (χ2v) is 4.60. The van der Waals surface area contributed by atoms with Crippen molar-refractivity contribution in [2.24, 2.45) is 0 Å². The van der Waals surface area contributed by atoms with E-state index in [1.165, 1.54) is 0 Å². The van der Waals surface area contributed by atoms with E-state index in [0.29, 0.717) is 28.6 Å². The third kappa shape index (κ3) is 3.30. The Balaban J connectivity index is 2.02. The highest BCUT2D eigenvalue weighted by molar-refractivity contribution is 6.31. The van der Waals surface area contributed by atoms with E-state index in [4.69, 9.17) is 16.3 Å². The Morgan fingerprint density at radius 3 is 2.95 bits per heavy atom. The van der Waals surface area contributed by atoms with Crippen LogP contribution < -0.4 is 10.1 Å². The average Bonchev–Trinajstić information content (AvgIpc) is 2.85. The van der Waals surface area contributed by atoms with E-state index in [1.807, 2.05) is 6.92 Å². The van der Waals surface area contributed by atoms with Crippen LogP contribution in [-0.4, -0.2) is 22.8 Å². The zero-order chi connectivity index (χ0) is 14.5. The predicted molar refractivity (Wildman–Crippen MR) is 77.1 cm³/mol. The summed E-state index contributed by atoms with van der Waals surface area (Å²) in [5, 5.41) is 7.62. The Labute approximate surface area is 122 Å². The number of carbonyl (C=O) groups excluding carboxylic acids is 1. The minimum Gasteiger partial charge on any atom is -0.497 e. The number of nitrogens with one attached hydrogen (secondary N) is 1. The lowest BCUT2D eigenvalue weighted by Crippen LogP contribution is -2.23. The maximum Gasteiger partial charge on any atom is 0.251 e. The molecule has 0 aliphatic heterocycles. The zero-order valence-corrected chi connectivity index (χ0v) is 12.1. The minimum absolute atomic E-state index is 0.189. The predicted octanol–water partition coefficient (Wildman–Crippen LogP) is 2.50. The molecule has 0 saturated carbocycles. The maximum atomic E-state index is 12.0. The first-order valence-electron chi connectivity index (χ1n) is 6.28. The van der Waals surface area contributed by atoms with Gasteiger partial charge >= 0.3 is 0 Å². The van der Waals surface area contributed by atoms with Crippen LogP contribution in [-0.2, 0) is 13.1 Å². The van der Waals surface area contributed by atoms with Gasteiger partial charge in [-0.05, 0) is 25.1 Å². The Bertz CT molecular complexity index is 610. The molecule has 106 valence electrons. The third-order valence-corrected chi connectivity index (χ3v) is 3.18. The highest BCUT2D eigenvalue weighted by atomic mass is 35.5. The molecule has 0 fully saturated rings. The molecule has 6 heteroatoms. The highest BCUT2D eigenvalue weighted by Crippen LogP contribution is 2.15. The fraction of sp³-hybridized carbons (Fsp3) is 0.286. The number of aromatic nitrogens is 2. The summed E-state index contributed by atoms with van der Waals surface area (Å²) < 4.78 is 6.82. The number of benzene rings is 1. The second kappa shape index (κ2) is 6.43. The average molecular weight is 294 g/mol. The number of halogens is 1. The van der Waals surface area contributed by atoms with Gasteiger partial charge in [0.15, 0.2) is 0 Å². The van der Waals surface area contributed by atoms with Crippen LogP contribution in [0.5, 0.6) is 5.75 Å². The van der Waals surface area contributed by atoms with E-state index in [9.17, 15) is 4.79 Å². The quantitative estimate of drug-likeness (QED) is 0.921. The Kier molecular flexibility index (Phi) is 4.63. The largest absolute Gasteiger partial charge is 0.497 e. The van der Waals surface area contributed by atoms with Crippen LogP contribution in [0.3, 0.4) is 0 Å². The summed E-state index contributed by atoms with van der Waals surface area (Å²) in [6.45, 7) is 3.01. The van der Waals surface area contributed by atoms with E-state index in [2.05, 4.69) is 10.4 Å². The van der Waals surface area contributed by atoms with E-state index >= 15 is 0 Å². The van der Waals surface area contributed by atoms with Gasteiger partial charge in [0.25, 0.3) is 5.91 Å². The van der Waals surface area contributed by atoms with Gasteiger partial charge in [0.2, 0.25) is 0 Å². The van der Waals surface area contributed by atoms with Gasteiger partial charge in [-0.2, -0.15) is 5.10 Å². The molecular formula is C14H16ClN3O2. The Morgan fingerprint density at radius 1 is 1.50 bits per heavy atom. The molecule has 1 N–H and O–H groups in total. The van der Waals surface area contributed by atoms with Gasteiger partial charge in [0.05, 0.1) is 18.7 Å². The summed E-state index contributed by atoms with van der Waals surface area (Å²) in [7, 11) is 1.56. The molecule has 5 nitrogen and oxygen atoms in total. The Morgan fingerprint density at radius 2 is 2.30 bits per heavy atom. The van der Waals surface area contributed by atoms with Crippen LogP contribution >= 0.6 is 11.6 Å². The highest BCUT2D eigenvalue weighted by Gasteiger charge is 2.10. The first-order chi connectivity index (χ1) is 9.63. The molecular weight excluding hydrogens is 278 g/mol. The molecule has 2 aromatic rings. The number of carbonyl (C=O) groups is 1. The second-order valence-electron chi connectivity index (χ2n) is 4.19. The topological polar surface area (TPSA) is 56.2 Å². The van der Waals surface area contributed by atoms with Crippen LogP contribution in [0.15, 0.2) is 30.5 Å². The number of hydrogen-bond donors (Lipinski definition) is 1. The first-order valence-corrected chi connectivity index (χ1v) is 6.66. The molecule has 1 amide bonds. The lowest BCUT2D eigenvalue weighted by molar-refractivity contribution is 0.0950. The number of aryl methyl sites for hydroxylation is 1. The molecule has 20 heavy (non-hydrogen) atoms. The smallest absolute Gasteiger partial charge is 0.251 e. The molecule has 0 atom stereocenters. The van der Waals surface area contributed by atoms with Crippen molar-refractivity contribution in [1.29, 1.82) is 0 Å². The van der Waals surface area contributed by atoms with Crippen molar-refractivity contribution in [3.05, 3.63) is 46.7 Å². The molecule has 0 bridgehead atoms. The van der Waals surface area contributed by atoms with Gasteiger partial charge in [-0.1, -0.05) is 17.7 Å². The van der Waals surface area contributed by atoms with Gasteiger partial charge in [0.1, 0.15) is 11.4 Å². The van der Waals surface area contributed by atoms with Crippen molar-refractivity contribution in [3.63, 3.8) is 0 Å². The molecule has 1 heterocycles. The first kappa shape index (κ1) is 14.4. The van der Waals surface area contributed by atoms with E-state index in [-0.39, 0.29) is 5.91 Å². The van der Waals surface area contributed by atoms with E-state index in [1.54, 1.807) is 42.3 Å². The van der Waals surface area contributed by atoms with Crippen molar-refractivity contribution in [2.45, 2.75) is 20.0 Å². The number of nitrogens with zero attached hydrogens (tertiary/aromatic N) is 2. The van der Waals surface area contributed by atoms with Crippen LogP contribution in [0, 0.1) is 0 Å². The molecule has 1 aromatic heterocycles. The standard InChI is InChI=1S/C14H16ClN3O2/c1-3-18-9-12(15)13(17-18)8-16-14(19)10-5-4-6-11(7-10)20-2/h4-7,9H,3,8H2,1-2H3,(H,16,19). The lowest BCUT2D eigenvalue weighted by Gasteiger charge is -2.05. The van der Waals surface area contributed by atoms with Crippen LogP contribution in [0.4, 0.5) is 0 Å². The van der Waals surface area contributed by atoms with Gasteiger partial charge in [-0.3, -0.25) is 9.48 Å². The third-order valence-electron chi connectivity index (χ3n) is 2.86. The summed E-state index contributed by atoms with van der Waals surface area (Å²) in [5.41, 5.74) is 1.19. The maximum absolute atomic E-state index is 12.0. The molecule has 0 spiro atoms. The van der Waals surface area contributed by atoms with Gasteiger partial charge in [0, 0.05) is 18.3 Å². The normalized spacial score (nSPS) is 10.3. The minimum atomic E-state index is -0.189. The number of amides is 1. The number of hydrogen-bond acceptors (Lipinski definition) is 3. The summed E-state index contributed by atoms with van der Waals surface area (Å²) >= 11 is 6.05. The SMILES string of the molecule is CCn1cc(Cl)c(CNC(=O)c2cccc(OC)c2)n1. The number of ether oxygens (including phenoxy) is 1. The summed E-state index contributed by atoms with van der Waals surface area (Å²) in [6, 6.07) is 6.97.